The molecule has 4 rings (SSSR count). The Bertz CT molecular complexity index is 1140. The average molecular weight is 470 g/mol. The molecule has 1 fully saturated rings. The molecule has 0 spiro atoms. The van der Waals surface area contributed by atoms with E-state index in [4.69, 9.17) is 14.5 Å². The lowest BCUT2D eigenvalue weighted by Gasteiger charge is -2.24. The van der Waals surface area contributed by atoms with E-state index in [1.54, 1.807) is 10.6 Å². The van der Waals surface area contributed by atoms with Crippen LogP contribution in [-0.2, 0) is 16.1 Å². The van der Waals surface area contributed by atoms with Crippen molar-refractivity contribution in [1.82, 2.24) is 9.55 Å². The van der Waals surface area contributed by atoms with Crippen molar-refractivity contribution in [3.05, 3.63) is 58.9 Å². The highest BCUT2D eigenvalue weighted by molar-refractivity contribution is 7.99. The van der Waals surface area contributed by atoms with Gasteiger partial charge in [0.1, 0.15) is 18.8 Å². The third-order valence-electron chi connectivity index (χ3n) is 5.50. The lowest BCUT2D eigenvalue weighted by molar-refractivity contribution is -0.908. The highest BCUT2D eigenvalue weighted by atomic mass is 32.2. The first-order valence-corrected chi connectivity index (χ1v) is 12.2. The topological polar surface area (TPSA) is 86.9 Å². The Kier molecular flexibility index (Phi) is 7.98. The SMILES string of the molecule is CCOc1ccc(NC(=O)CSc2nc3ccccc3c(=O)n2CC[NH+]2CCOCC2)cc1. The van der Waals surface area contributed by atoms with E-state index in [-0.39, 0.29) is 17.2 Å². The van der Waals surface area contributed by atoms with Crippen LogP contribution in [-0.4, -0.2) is 60.7 Å². The number of anilines is 1. The number of hydrogen-bond acceptors (Lipinski definition) is 6. The summed E-state index contributed by atoms with van der Waals surface area (Å²) in [5.74, 6) is 0.760. The number of amides is 1. The summed E-state index contributed by atoms with van der Waals surface area (Å²) in [5, 5.41) is 4.05. The Hall–Kier alpha value is -2.88. The minimum absolute atomic E-state index is 0.0670. The van der Waals surface area contributed by atoms with Crippen molar-refractivity contribution in [3.63, 3.8) is 0 Å². The first-order chi connectivity index (χ1) is 16.1. The fourth-order valence-electron chi connectivity index (χ4n) is 3.76. The second-order valence-corrected chi connectivity index (χ2v) is 8.72. The lowest BCUT2D eigenvalue weighted by Crippen LogP contribution is -3.14. The van der Waals surface area contributed by atoms with Crippen LogP contribution in [0.5, 0.6) is 5.75 Å². The minimum atomic E-state index is -0.156. The van der Waals surface area contributed by atoms with Crippen molar-refractivity contribution in [2.24, 2.45) is 0 Å². The van der Waals surface area contributed by atoms with Crippen molar-refractivity contribution in [2.75, 3.05) is 50.5 Å². The van der Waals surface area contributed by atoms with Crippen LogP contribution >= 0.6 is 11.8 Å². The Balaban J connectivity index is 1.46. The van der Waals surface area contributed by atoms with Crippen LogP contribution in [0.1, 0.15) is 6.92 Å². The molecule has 9 heteroatoms. The summed E-state index contributed by atoms with van der Waals surface area (Å²) < 4.78 is 12.6. The molecule has 33 heavy (non-hydrogen) atoms. The number of ether oxygens (including phenoxy) is 2. The highest BCUT2D eigenvalue weighted by Gasteiger charge is 2.17. The number of hydrogen-bond donors (Lipinski definition) is 2. The number of para-hydroxylation sites is 1. The van der Waals surface area contributed by atoms with Gasteiger partial charge in [-0.05, 0) is 43.3 Å². The maximum atomic E-state index is 13.2. The van der Waals surface area contributed by atoms with E-state index >= 15 is 0 Å². The molecule has 2 N–H and O–H groups in total. The Labute approximate surface area is 196 Å². The van der Waals surface area contributed by atoms with Gasteiger partial charge in [0, 0.05) is 5.69 Å². The van der Waals surface area contributed by atoms with E-state index in [2.05, 4.69) is 5.32 Å². The lowest BCUT2D eigenvalue weighted by atomic mass is 10.2. The summed E-state index contributed by atoms with van der Waals surface area (Å²) in [7, 11) is 0. The van der Waals surface area contributed by atoms with Gasteiger partial charge in [0.2, 0.25) is 5.91 Å². The molecule has 2 heterocycles. The van der Waals surface area contributed by atoms with Crippen LogP contribution in [0, 0.1) is 0 Å². The summed E-state index contributed by atoms with van der Waals surface area (Å²) in [6.45, 7) is 7.24. The molecule has 2 aromatic carbocycles. The maximum Gasteiger partial charge on any atom is 0.262 e. The van der Waals surface area contributed by atoms with Gasteiger partial charge >= 0.3 is 0 Å². The van der Waals surface area contributed by atoms with E-state index in [1.807, 2.05) is 49.4 Å². The number of rotatable bonds is 9. The molecule has 1 amide bonds. The summed E-state index contributed by atoms with van der Waals surface area (Å²) in [5.41, 5.74) is 1.28. The largest absolute Gasteiger partial charge is 0.494 e. The standard InChI is InChI=1S/C24H28N4O4S/c1-2-32-19-9-7-18(8-10-19)25-22(29)17-33-24-26-21-6-4-3-5-20(21)23(30)28(24)12-11-27-13-15-31-16-14-27/h3-10H,2,11-17H2,1H3,(H,25,29)/p+1. The molecule has 1 aromatic heterocycles. The molecule has 8 nitrogen and oxygen atoms in total. The van der Waals surface area contributed by atoms with E-state index in [0.29, 0.717) is 34.9 Å². The van der Waals surface area contributed by atoms with Gasteiger partial charge < -0.3 is 19.7 Å². The minimum Gasteiger partial charge on any atom is -0.494 e. The van der Waals surface area contributed by atoms with Crippen molar-refractivity contribution < 1.29 is 19.2 Å². The zero-order chi connectivity index (χ0) is 23.0. The molecule has 3 aromatic rings. The number of carbonyl (C=O) groups is 1. The number of fused-ring (bicyclic) bond motifs is 1. The molecule has 1 aliphatic rings. The zero-order valence-corrected chi connectivity index (χ0v) is 19.5. The molecule has 0 saturated carbocycles. The predicted molar refractivity (Wildman–Crippen MR) is 129 cm³/mol. The number of thioether (sulfide) groups is 1. The fraction of sp³-hybridized carbons (Fsp3) is 0.375. The van der Waals surface area contributed by atoms with Gasteiger partial charge in [0.15, 0.2) is 5.16 Å². The normalized spacial score (nSPS) is 14.3. The number of benzene rings is 2. The van der Waals surface area contributed by atoms with Crippen molar-refractivity contribution in [3.8, 4) is 5.75 Å². The quantitative estimate of drug-likeness (QED) is 0.364. The van der Waals surface area contributed by atoms with Crippen LogP contribution in [0.4, 0.5) is 5.69 Å². The van der Waals surface area contributed by atoms with Crippen LogP contribution in [0.25, 0.3) is 10.9 Å². The Morgan fingerprint density at radius 1 is 1.18 bits per heavy atom. The Morgan fingerprint density at radius 3 is 2.70 bits per heavy atom. The van der Waals surface area contributed by atoms with Crippen LogP contribution in [0.15, 0.2) is 58.5 Å². The Morgan fingerprint density at radius 2 is 1.94 bits per heavy atom. The maximum absolute atomic E-state index is 13.2. The third-order valence-corrected chi connectivity index (χ3v) is 6.47. The number of nitrogens with zero attached hydrogens (tertiary/aromatic N) is 2. The number of aromatic nitrogens is 2. The van der Waals surface area contributed by atoms with Crippen molar-refractivity contribution in [2.45, 2.75) is 18.6 Å². The number of quaternary nitrogens is 1. The predicted octanol–water partition coefficient (Wildman–Crippen LogP) is 1.44. The first kappa shape index (κ1) is 23.3. The summed E-state index contributed by atoms with van der Waals surface area (Å²) in [4.78, 5) is 31.9. The highest BCUT2D eigenvalue weighted by Crippen LogP contribution is 2.19. The number of morpholine rings is 1. The second kappa shape index (κ2) is 11.3. The van der Waals surface area contributed by atoms with E-state index < -0.39 is 0 Å². The van der Waals surface area contributed by atoms with Crippen LogP contribution in [0.2, 0.25) is 0 Å². The van der Waals surface area contributed by atoms with E-state index in [1.165, 1.54) is 16.7 Å². The zero-order valence-electron chi connectivity index (χ0n) is 18.7. The van der Waals surface area contributed by atoms with Crippen LogP contribution in [0.3, 0.4) is 0 Å². The molecule has 1 aliphatic heterocycles. The molecule has 0 unspecified atom stereocenters. The first-order valence-electron chi connectivity index (χ1n) is 11.2. The van der Waals surface area contributed by atoms with Gasteiger partial charge in [-0.1, -0.05) is 23.9 Å². The summed E-state index contributed by atoms with van der Waals surface area (Å²) >= 11 is 1.28. The molecule has 0 bridgehead atoms. The molecule has 174 valence electrons. The van der Waals surface area contributed by atoms with Crippen LogP contribution < -0.4 is 20.5 Å². The molecule has 1 saturated heterocycles. The molecule has 0 atom stereocenters. The molecular formula is C24H29N4O4S+. The number of carbonyl (C=O) groups excluding carboxylic acids is 1. The number of nitrogens with one attached hydrogen (secondary N) is 2. The van der Waals surface area contributed by atoms with Gasteiger partial charge in [-0.15, -0.1) is 0 Å². The fourth-order valence-corrected chi connectivity index (χ4v) is 4.59. The van der Waals surface area contributed by atoms with Crippen molar-refractivity contribution >= 4 is 34.3 Å². The van der Waals surface area contributed by atoms with Gasteiger partial charge in [0.05, 0.1) is 49.6 Å². The van der Waals surface area contributed by atoms with Gasteiger partial charge in [-0.3, -0.25) is 14.2 Å². The molecule has 0 radical (unpaired) electrons. The second-order valence-electron chi connectivity index (χ2n) is 7.77. The summed E-state index contributed by atoms with van der Waals surface area (Å²) in [6.07, 6.45) is 0. The summed E-state index contributed by atoms with van der Waals surface area (Å²) in [6, 6.07) is 14.6. The molecule has 0 aliphatic carbocycles. The van der Waals surface area contributed by atoms with Gasteiger partial charge in [0.25, 0.3) is 5.56 Å². The monoisotopic (exact) mass is 469 g/mol. The molecular weight excluding hydrogens is 440 g/mol. The van der Waals surface area contributed by atoms with Gasteiger partial charge in [-0.2, -0.15) is 0 Å². The third kappa shape index (κ3) is 6.13. The smallest absolute Gasteiger partial charge is 0.262 e. The van der Waals surface area contributed by atoms with Gasteiger partial charge in [-0.25, -0.2) is 4.98 Å². The average Bonchev–Trinajstić information content (AvgIpc) is 2.84. The van der Waals surface area contributed by atoms with Crippen molar-refractivity contribution in [1.29, 1.82) is 0 Å². The van der Waals surface area contributed by atoms with E-state index in [9.17, 15) is 9.59 Å². The van der Waals surface area contributed by atoms with E-state index in [0.717, 1.165) is 38.6 Å².